The van der Waals surface area contributed by atoms with Crippen LogP contribution < -0.4 is 5.32 Å². The number of nitrogens with zero attached hydrogens (tertiary/aromatic N) is 2. The van der Waals surface area contributed by atoms with Crippen LogP contribution in [0.3, 0.4) is 0 Å². The van der Waals surface area contributed by atoms with Gasteiger partial charge in [-0.3, -0.25) is 4.79 Å². The average molecular weight is 440 g/mol. The van der Waals surface area contributed by atoms with Gasteiger partial charge in [0, 0.05) is 42.5 Å². The zero-order valence-electron chi connectivity index (χ0n) is 18.3. The molecule has 1 aromatic rings. The summed E-state index contributed by atoms with van der Waals surface area (Å²) >= 11 is 0. The Bertz CT molecular complexity index is 1130. The van der Waals surface area contributed by atoms with E-state index in [1.54, 1.807) is 0 Å². The summed E-state index contributed by atoms with van der Waals surface area (Å²) in [7, 11) is 0. The van der Waals surface area contributed by atoms with E-state index in [4.69, 9.17) is 0 Å². The number of nitrogens with one attached hydrogen (secondary N) is 1. The van der Waals surface area contributed by atoms with Crippen molar-refractivity contribution in [3.05, 3.63) is 81.5 Å². The summed E-state index contributed by atoms with van der Waals surface area (Å²) < 4.78 is 27.2. The zero-order valence-corrected chi connectivity index (χ0v) is 18.3. The number of aliphatic hydroxyl groups is 1. The van der Waals surface area contributed by atoms with Crippen LogP contribution >= 0.6 is 0 Å². The van der Waals surface area contributed by atoms with Gasteiger partial charge in [-0.2, -0.15) is 0 Å². The minimum absolute atomic E-state index is 0.0403. The molecule has 3 aliphatic heterocycles. The normalized spacial score (nSPS) is 24.4. The lowest BCUT2D eigenvalue weighted by molar-refractivity contribution is -0.117. The van der Waals surface area contributed by atoms with Gasteiger partial charge < -0.3 is 20.2 Å². The van der Waals surface area contributed by atoms with Crippen LogP contribution in [0.2, 0.25) is 0 Å². The predicted octanol–water partition coefficient (Wildman–Crippen LogP) is 4.27. The Morgan fingerprint density at radius 3 is 2.69 bits per heavy atom. The molecular weight excluding hydrogens is 412 g/mol. The number of halogens is 2. The van der Waals surface area contributed by atoms with E-state index in [-0.39, 0.29) is 29.8 Å². The van der Waals surface area contributed by atoms with Crippen molar-refractivity contribution in [3.63, 3.8) is 0 Å². The molecular formula is C25H27F2N3O2. The predicted molar refractivity (Wildman–Crippen MR) is 117 cm³/mol. The van der Waals surface area contributed by atoms with E-state index >= 15 is 0 Å². The first-order chi connectivity index (χ1) is 15.3. The van der Waals surface area contributed by atoms with E-state index in [1.165, 1.54) is 11.6 Å². The fraction of sp³-hybridized carbons (Fsp3) is 0.400. The van der Waals surface area contributed by atoms with Gasteiger partial charge in [-0.1, -0.05) is 19.6 Å². The minimum Gasteiger partial charge on any atom is -0.505 e. The van der Waals surface area contributed by atoms with Crippen LogP contribution in [0.25, 0.3) is 0 Å². The first-order valence-corrected chi connectivity index (χ1v) is 11.2. The molecule has 0 bridgehead atoms. The molecule has 3 fully saturated rings. The second kappa shape index (κ2) is 7.50. The van der Waals surface area contributed by atoms with Crippen molar-refractivity contribution in [2.24, 2.45) is 5.92 Å². The van der Waals surface area contributed by atoms with E-state index in [2.05, 4.69) is 35.5 Å². The van der Waals surface area contributed by atoms with Gasteiger partial charge in [-0.05, 0) is 43.7 Å². The number of carbonyl (C=O) groups is 1. The Hall–Kier alpha value is -3.09. The number of carbonyl (C=O) groups excluding carboxylic acids is 1. The first kappa shape index (κ1) is 20.8. The van der Waals surface area contributed by atoms with E-state index in [0.717, 1.165) is 61.6 Å². The van der Waals surface area contributed by atoms with Crippen LogP contribution in [-0.2, 0) is 11.3 Å². The van der Waals surface area contributed by atoms with Gasteiger partial charge in [0.25, 0.3) is 5.91 Å². The summed E-state index contributed by atoms with van der Waals surface area (Å²) in [6.07, 6.45) is 2.93. The number of allylic oxidation sites excluding steroid dienone is 3. The number of benzene rings is 1. The lowest BCUT2D eigenvalue weighted by atomic mass is 9.91. The lowest BCUT2D eigenvalue weighted by Crippen LogP contribution is -2.49. The second-order valence-electron chi connectivity index (χ2n) is 9.01. The molecule has 0 radical (unpaired) electrons. The molecule has 1 amide bonds. The third-order valence-corrected chi connectivity index (χ3v) is 6.90. The molecule has 1 aliphatic carbocycles. The number of piperazine rings is 1. The van der Waals surface area contributed by atoms with Crippen LogP contribution in [0.15, 0.2) is 64.3 Å². The summed E-state index contributed by atoms with van der Waals surface area (Å²) in [6.45, 7) is 9.91. The molecule has 2 saturated heterocycles. The highest BCUT2D eigenvalue weighted by atomic mass is 19.1. The van der Waals surface area contributed by atoms with Crippen molar-refractivity contribution in [1.29, 1.82) is 0 Å². The monoisotopic (exact) mass is 439 g/mol. The Morgan fingerprint density at radius 2 is 2.03 bits per heavy atom. The van der Waals surface area contributed by atoms with Gasteiger partial charge in [-0.25, -0.2) is 8.78 Å². The summed E-state index contributed by atoms with van der Waals surface area (Å²) in [5.41, 5.74) is 4.92. The molecule has 3 heterocycles. The largest absolute Gasteiger partial charge is 0.505 e. The molecule has 5 nitrogen and oxygen atoms in total. The van der Waals surface area contributed by atoms with E-state index in [1.807, 2.05) is 0 Å². The third kappa shape index (κ3) is 3.14. The maximum Gasteiger partial charge on any atom is 0.254 e. The van der Waals surface area contributed by atoms with Gasteiger partial charge in [0.2, 0.25) is 0 Å². The van der Waals surface area contributed by atoms with Crippen molar-refractivity contribution in [2.75, 3.05) is 13.1 Å². The SMILES string of the molecule is C=C1C(O)=C2C(=C3CC3)N(CC)CC3CC(C)C(=C1C(=O)NCc1ccc(F)cc1F)N23. The third-order valence-electron chi connectivity index (χ3n) is 6.90. The van der Waals surface area contributed by atoms with Crippen molar-refractivity contribution in [1.82, 2.24) is 15.1 Å². The highest BCUT2D eigenvalue weighted by Crippen LogP contribution is 2.52. The number of aliphatic hydroxyl groups excluding tert-OH is 1. The molecule has 1 aromatic carbocycles. The summed E-state index contributed by atoms with van der Waals surface area (Å²) in [4.78, 5) is 17.7. The number of rotatable bonds is 4. The maximum absolute atomic E-state index is 14.0. The fourth-order valence-electron chi connectivity index (χ4n) is 5.30. The number of amides is 1. The van der Waals surface area contributed by atoms with Gasteiger partial charge >= 0.3 is 0 Å². The Balaban J connectivity index is 1.51. The first-order valence-electron chi connectivity index (χ1n) is 11.2. The average Bonchev–Trinajstić information content (AvgIpc) is 3.54. The van der Waals surface area contributed by atoms with Gasteiger partial charge in [0.05, 0.1) is 17.3 Å². The Kier molecular flexibility index (Phi) is 4.87. The second-order valence-corrected chi connectivity index (χ2v) is 9.01. The van der Waals surface area contributed by atoms with Gasteiger partial charge in [0.1, 0.15) is 23.1 Å². The highest BCUT2D eigenvalue weighted by molar-refractivity contribution is 6.00. The molecule has 2 N–H and O–H groups in total. The molecule has 1 saturated carbocycles. The smallest absolute Gasteiger partial charge is 0.254 e. The van der Waals surface area contributed by atoms with Crippen LogP contribution in [0.1, 0.15) is 38.7 Å². The highest BCUT2D eigenvalue weighted by Gasteiger charge is 2.49. The molecule has 168 valence electrons. The topological polar surface area (TPSA) is 55.8 Å². The molecule has 32 heavy (non-hydrogen) atoms. The molecule has 7 heteroatoms. The van der Waals surface area contributed by atoms with Crippen molar-refractivity contribution in [3.8, 4) is 0 Å². The summed E-state index contributed by atoms with van der Waals surface area (Å²) in [6, 6.07) is 3.45. The maximum atomic E-state index is 14.0. The van der Waals surface area contributed by atoms with Gasteiger partial charge in [0.15, 0.2) is 0 Å². The Labute approximate surface area is 186 Å². The Morgan fingerprint density at radius 1 is 1.28 bits per heavy atom. The van der Waals surface area contributed by atoms with E-state index in [0.29, 0.717) is 11.1 Å². The quantitative estimate of drug-likeness (QED) is 0.736. The van der Waals surface area contributed by atoms with Crippen LogP contribution in [0, 0.1) is 17.6 Å². The van der Waals surface area contributed by atoms with Gasteiger partial charge in [-0.15, -0.1) is 0 Å². The number of likely N-dealkylation sites (N-methyl/N-ethyl adjacent to an activating group) is 1. The fourth-order valence-corrected chi connectivity index (χ4v) is 5.30. The van der Waals surface area contributed by atoms with Crippen LogP contribution in [0.5, 0.6) is 0 Å². The standard InChI is InChI=1S/C25H27F2N3O2/c1-4-29-12-18-9-13(2)21-20(25(32)28-11-16-7-8-17(26)10-19(16)27)14(3)24(31)23(30(18)21)22(29)15-5-6-15/h7-8,10,13,18,31H,3-6,9,11-12H2,1-2H3,(H,28,32). The molecule has 2 unspecified atom stereocenters. The number of hydrogen-bond donors (Lipinski definition) is 2. The summed E-state index contributed by atoms with van der Waals surface area (Å²) in [5.74, 6) is -1.63. The molecule has 0 spiro atoms. The summed E-state index contributed by atoms with van der Waals surface area (Å²) in [5, 5.41) is 14.0. The van der Waals surface area contributed by atoms with E-state index < -0.39 is 17.5 Å². The van der Waals surface area contributed by atoms with Crippen LogP contribution in [-0.4, -0.2) is 39.9 Å². The lowest BCUT2D eigenvalue weighted by Gasteiger charge is -2.46. The molecule has 2 atom stereocenters. The van der Waals surface area contributed by atoms with Crippen molar-refractivity contribution in [2.45, 2.75) is 45.7 Å². The molecule has 5 rings (SSSR count). The minimum atomic E-state index is -0.707. The van der Waals surface area contributed by atoms with Crippen LogP contribution in [0.4, 0.5) is 8.78 Å². The number of hydrogen-bond acceptors (Lipinski definition) is 4. The zero-order chi connectivity index (χ0) is 22.7. The van der Waals surface area contributed by atoms with E-state index in [9.17, 15) is 18.7 Å². The van der Waals surface area contributed by atoms with Crippen molar-refractivity contribution >= 4 is 5.91 Å². The molecule has 4 aliphatic rings. The molecule has 0 aromatic heterocycles. The van der Waals surface area contributed by atoms with Crippen molar-refractivity contribution < 1.29 is 18.7 Å².